The number of ether oxygens (including phenoxy) is 1. The van der Waals surface area contributed by atoms with E-state index in [1.165, 1.54) is 0 Å². The van der Waals surface area contributed by atoms with Crippen LogP contribution in [-0.2, 0) is 11.2 Å². The van der Waals surface area contributed by atoms with Crippen LogP contribution in [0.5, 0.6) is 5.75 Å². The highest BCUT2D eigenvalue weighted by molar-refractivity contribution is 5.76. The van der Waals surface area contributed by atoms with Crippen molar-refractivity contribution in [2.24, 2.45) is 5.41 Å². The first kappa shape index (κ1) is 14.9. The van der Waals surface area contributed by atoms with Crippen LogP contribution in [0.15, 0.2) is 24.3 Å². The lowest BCUT2D eigenvalue weighted by atomic mass is 10.0. The second-order valence-electron chi connectivity index (χ2n) is 5.60. The molecule has 0 bridgehead atoms. The third-order valence-electron chi connectivity index (χ3n) is 4.06. The van der Waals surface area contributed by atoms with Gasteiger partial charge in [-0.3, -0.25) is 4.79 Å². The van der Waals surface area contributed by atoms with Crippen molar-refractivity contribution in [2.75, 3.05) is 20.3 Å². The van der Waals surface area contributed by atoms with E-state index in [9.17, 15) is 4.79 Å². The molecule has 110 valence electrons. The molecule has 2 rings (SSSR count). The number of aryl methyl sites for hydroxylation is 1. The average molecular weight is 277 g/mol. The fourth-order valence-electron chi connectivity index (χ4n) is 2.35. The standard InChI is InChI=1S/C16H23NO3/c1-20-14-5-2-13(3-6-14)4-7-15(19)17-12-16(8-9-16)10-11-18/h2-3,5-6,18H,4,7-12H2,1H3,(H,17,19). The molecule has 0 heterocycles. The van der Waals surface area contributed by atoms with Gasteiger partial charge in [0.25, 0.3) is 0 Å². The Hall–Kier alpha value is -1.55. The van der Waals surface area contributed by atoms with Gasteiger partial charge >= 0.3 is 0 Å². The number of carbonyl (C=O) groups excluding carboxylic acids is 1. The number of methoxy groups -OCH3 is 1. The SMILES string of the molecule is COc1ccc(CCC(=O)NCC2(CCO)CC2)cc1. The van der Waals surface area contributed by atoms with Gasteiger partial charge in [-0.05, 0) is 48.8 Å². The van der Waals surface area contributed by atoms with E-state index in [-0.39, 0.29) is 17.9 Å². The molecule has 1 aromatic carbocycles. The topological polar surface area (TPSA) is 58.6 Å². The highest BCUT2D eigenvalue weighted by Crippen LogP contribution is 2.47. The van der Waals surface area contributed by atoms with Gasteiger partial charge in [0.2, 0.25) is 5.91 Å². The minimum absolute atomic E-state index is 0.0880. The highest BCUT2D eigenvalue weighted by atomic mass is 16.5. The van der Waals surface area contributed by atoms with E-state index in [1.807, 2.05) is 24.3 Å². The summed E-state index contributed by atoms with van der Waals surface area (Å²) in [7, 11) is 1.64. The number of amides is 1. The second kappa shape index (κ2) is 6.75. The van der Waals surface area contributed by atoms with E-state index in [2.05, 4.69) is 5.32 Å². The van der Waals surface area contributed by atoms with E-state index in [0.717, 1.165) is 37.0 Å². The Morgan fingerprint density at radius 1 is 1.35 bits per heavy atom. The zero-order chi connectivity index (χ0) is 14.4. The number of aliphatic hydroxyl groups excluding tert-OH is 1. The lowest BCUT2D eigenvalue weighted by Crippen LogP contribution is -2.30. The van der Waals surface area contributed by atoms with Crippen molar-refractivity contribution in [1.82, 2.24) is 5.32 Å². The first-order valence-corrected chi connectivity index (χ1v) is 7.18. The molecule has 20 heavy (non-hydrogen) atoms. The maximum Gasteiger partial charge on any atom is 0.220 e. The fraction of sp³-hybridized carbons (Fsp3) is 0.562. The van der Waals surface area contributed by atoms with Crippen LogP contribution in [0, 0.1) is 5.41 Å². The Labute approximate surface area is 120 Å². The smallest absolute Gasteiger partial charge is 0.220 e. The van der Waals surface area contributed by atoms with Crippen molar-refractivity contribution >= 4 is 5.91 Å². The van der Waals surface area contributed by atoms with Crippen LogP contribution in [-0.4, -0.2) is 31.3 Å². The molecule has 1 amide bonds. The Morgan fingerprint density at radius 3 is 2.60 bits per heavy atom. The molecule has 0 aliphatic heterocycles. The minimum Gasteiger partial charge on any atom is -0.497 e. The Kier molecular flexibility index (Phi) is 5.01. The first-order chi connectivity index (χ1) is 9.67. The van der Waals surface area contributed by atoms with Crippen LogP contribution in [0.25, 0.3) is 0 Å². The summed E-state index contributed by atoms with van der Waals surface area (Å²) < 4.78 is 5.10. The summed E-state index contributed by atoms with van der Waals surface area (Å²) in [6.45, 7) is 0.913. The minimum atomic E-state index is 0.0880. The number of carbonyl (C=O) groups is 1. The molecule has 0 aromatic heterocycles. The summed E-state index contributed by atoms with van der Waals surface area (Å²) in [5.41, 5.74) is 1.32. The zero-order valence-corrected chi connectivity index (χ0v) is 12.0. The Balaban J connectivity index is 1.69. The molecule has 0 radical (unpaired) electrons. The molecular weight excluding hydrogens is 254 g/mol. The predicted molar refractivity (Wildman–Crippen MR) is 77.7 cm³/mol. The summed E-state index contributed by atoms with van der Waals surface area (Å²) in [5, 5.41) is 12.0. The molecule has 2 N–H and O–H groups in total. The molecule has 1 fully saturated rings. The summed E-state index contributed by atoms with van der Waals surface area (Å²) in [5.74, 6) is 0.919. The summed E-state index contributed by atoms with van der Waals surface area (Å²) >= 11 is 0. The van der Waals surface area contributed by atoms with E-state index >= 15 is 0 Å². The molecule has 0 saturated heterocycles. The van der Waals surface area contributed by atoms with E-state index in [1.54, 1.807) is 7.11 Å². The molecule has 4 nitrogen and oxygen atoms in total. The maximum atomic E-state index is 11.8. The van der Waals surface area contributed by atoms with Crippen LogP contribution in [0.3, 0.4) is 0 Å². The van der Waals surface area contributed by atoms with Crippen LogP contribution >= 0.6 is 0 Å². The predicted octanol–water partition coefficient (Wildman–Crippen LogP) is 1.91. The zero-order valence-electron chi connectivity index (χ0n) is 12.0. The fourth-order valence-corrected chi connectivity index (χ4v) is 2.35. The van der Waals surface area contributed by atoms with Gasteiger partial charge in [0, 0.05) is 19.6 Å². The van der Waals surface area contributed by atoms with Crippen LogP contribution in [0.4, 0.5) is 0 Å². The van der Waals surface area contributed by atoms with Crippen LogP contribution in [0.1, 0.15) is 31.2 Å². The molecule has 0 unspecified atom stereocenters. The lowest BCUT2D eigenvalue weighted by molar-refractivity contribution is -0.121. The van der Waals surface area contributed by atoms with E-state index < -0.39 is 0 Å². The number of rotatable bonds is 8. The van der Waals surface area contributed by atoms with Crippen LogP contribution in [0.2, 0.25) is 0 Å². The van der Waals surface area contributed by atoms with Crippen molar-refractivity contribution in [1.29, 1.82) is 0 Å². The normalized spacial score (nSPS) is 15.7. The molecular formula is C16H23NO3. The molecule has 0 spiro atoms. The van der Waals surface area contributed by atoms with Crippen molar-refractivity contribution in [3.63, 3.8) is 0 Å². The summed E-state index contributed by atoms with van der Waals surface area (Å²) in [6.07, 6.45) is 4.27. The number of aliphatic hydroxyl groups is 1. The maximum absolute atomic E-state index is 11.8. The largest absolute Gasteiger partial charge is 0.497 e. The molecule has 4 heteroatoms. The van der Waals surface area contributed by atoms with Gasteiger partial charge in [-0.2, -0.15) is 0 Å². The monoisotopic (exact) mass is 277 g/mol. The molecule has 1 aliphatic rings. The Bertz CT molecular complexity index is 438. The van der Waals surface area contributed by atoms with Gasteiger partial charge in [-0.15, -0.1) is 0 Å². The summed E-state index contributed by atoms with van der Waals surface area (Å²) in [6, 6.07) is 7.79. The first-order valence-electron chi connectivity index (χ1n) is 7.18. The van der Waals surface area contributed by atoms with Gasteiger partial charge in [0.15, 0.2) is 0 Å². The molecule has 1 aliphatic carbocycles. The quantitative estimate of drug-likeness (QED) is 0.763. The van der Waals surface area contributed by atoms with Gasteiger partial charge in [-0.25, -0.2) is 0 Å². The third kappa shape index (κ3) is 4.23. The van der Waals surface area contributed by atoms with Gasteiger partial charge in [0.1, 0.15) is 5.75 Å². The van der Waals surface area contributed by atoms with E-state index in [0.29, 0.717) is 13.0 Å². The number of nitrogens with one attached hydrogen (secondary N) is 1. The number of hydrogen-bond acceptors (Lipinski definition) is 3. The van der Waals surface area contributed by atoms with Crippen molar-refractivity contribution in [3.05, 3.63) is 29.8 Å². The van der Waals surface area contributed by atoms with E-state index in [4.69, 9.17) is 9.84 Å². The number of benzene rings is 1. The van der Waals surface area contributed by atoms with Crippen LogP contribution < -0.4 is 10.1 Å². The van der Waals surface area contributed by atoms with Gasteiger partial charge in [-0.1, -0.05) is 12.1 Å². The average Bonchev–Trinajstić information content (AvgIpc) is 3.24. The van der Waals surface area contributed by atoms with Gasteiger partial charge < -0.3 is 15.2 Å². The van der Waals surface area contributed by atoms with Crippen molar-refractivity contribution in [2.45, 2.75) is 32.1 Å². The summed E-state index contributed by atoms with van der Waals surface area (Å²) in [4.78, 5) is 11.8. The Morgan fingerprint density at radius 2 is 2.05 bits per heavy atom. The second-order valence-corrected chi connectivity index (χ2v) is 5.60. The third-order valence-corrected chi connectivity index (χ3v) is 4.06. The molecule has 1 aromatic rings. The van der Waals surface area contributed by atoms with Crippen molar-refractivity contribution in [3.8, 4) is 5.75 Å². The molecule has 0 atom stereocenters. The lowest BCUT2D eigenvalue weighted by Gasteiger charge is -2.14. The van der Waals surface area contributed by atoms with Gasteiger partial charge in [0.05, 0.1) is 7.11 Å². The molecule has 1 saturated carbocycles. The number of hydrogen-bond donors (Lipinski definition) is 2. The van der Waals surface area contributed by atoms with Crippen molar-refractivity contribution < 1.29 is 14.6 Å². The highest BCUT2D eigenvalue weighted by Gasteiger charge is 2.41.